The summed E-state index contributed by atoms with van der Waals surface area (Å²) in [5.74, 6) is 0. The van der Waals surface area contributed by atoms with E-state index in [-0.39, 0.29) is 0 Å². The van der Waals surface area contributed by atoms with E-state index in [1.165, 1.54) is 5.56 Å². The number of nitrogens with two attached hydrogens (primary N) is 1. The minimum atomic E-state index is 0.683. The van der Waals surface area contributed by atoms with Crippen molar-refractivity contribution in [3.63, 3.8) is 0 Å². The molecule has 2 heterocycles. The van der Waals surface area contributed by atoms with E-state index in [0.29, 0.717) is 6.54 Å². The lowest BCUT2D eigenvalue weighted by molar-refractivity contribution is 0.740. The molecule has 0 bridgehead atoms. The lowest BCUT2D eigenvalue weighted by Crippen LogP contribution is -2.00. The van der Waals surface area contributed by atoms with Gasteiger partial charge in [0.2, 0.25) is 0 Å². The first-order valence-corrected chi connectivity index (χ1v) is 7.53. The molecule has 3 aromatic rings. The number of aryl methyl sites for hydroxylation is 2. The highest BCUT2D eigenvalue weighted by Gasteiger charge is 2.16. The SMILES string of the molecule is Cc1c(-c2nn(-c3ccccc3)cc2CCCN)cnn1C. The number of nitrogens with zero attached hydrogens (tertiary/aromatic N) is 4. The molecule has 22 heavy (non-hydrogen) atoms. The number of hydrogen-bond acceptors (Lipinski definition) is 3. The Morgan fingerprint density at radius 2 is 1.95 bits per heavy atom. The van der Waals surface area contributed by atoms with Crippen molar-refractivity contribution in [3.05, 3.63) is 54.0 Å². The zero-order chi connectivity index (χ0) is 15.5. The Balaban J connectivity index is 2.07. The lowest BCUT2D eigenvalue weighted by atomic mass is 10.1. The van der Waals surface area contributed by atoms with Crippen LogP contribution in [0.4, 0.5) is 0 Å². The molecule has 0 aliphatic carbocycles. The summed E-state index contributed by atoms with van der Waals surface area (Å²) in [6, 6.07) is 10.2. The maximum absolute atomic E-state index is 5.67. The maximum Gasteiger partial charge on any atom is 0.0993 e. The summed E-state index contributed by atoms with van der Waals surface area (Å²) in [4.78, 5) is 0. The smallest absolute Gasteiger partial charge is 0.0993 e. The summed E-state index contributed by atoms with van der Waals surface area (Å²) < 4.78 is 3.82. The fraction of sp³-hybridized carbons (Fsp3) is 0.294. The van der Waals surface area contributed by atoms with Crippen molar-refractivity contribution in [2.45, 2.75) is 19.8 Å². The normalized spacial score (nSPS) is 11.0. The van der Waals surface area contributed by atoms with Crippen LogP contribution in [-0.2, 0) is 13.5 Å². The van der Waals surface area contributed by atoms with E-state index < -0.39 is 0 Å². The van der Waals surface area contributed by atoms with Crippen LogP contribution in [0.15, 0.2) is 42.7 Å². The largest absolute Gasteiger partial charge is 0.330 e. The second-order valence-electron chi connectivity index (χ2n) is 5.44. The summed E-state index contributed by atoms with van der Waals surface area (Å²) in [6.45, 7) is 2.75. The fourth-order valence-corrected chi connectivity index (χ4v) is 2.56. The number of para-hydroxylation sites is 1. The van der Waals surface area contributed by atoms with Crippen LogP contribution in [0.1, 0.15) is 17.7 Å². The topological polar surface area (TPSA) is 61.7 Å². The van der Waals surface area contributed by atoms with E-state index in [4.69, 9.17) is 10.8 Å². The third kappa shape index (κ3) is 2.67. The van der Waals surface area contributed by atoms with Gasteiger partial charge in [-0.1, -0.05) is 18.2 Å². The molecule has 0 spiro atoms. The van der Waals surface area contributed by atoms with E-state index in [1.807, 2.05) is 40.8 Å². The van der Waals surface area contributed by atoms with Crippen LogP contribution >= 0.6 is 0 Å². The third-order valence-electron chi connectivity index (χ3n) is 3.95. The van der Waals surface area contributed by atoms with Crippen LogP contribution in [0.2, 0.25) is 0 Å². The van der Waals surface area contributed by atoms with Crippen LogP contribution in [0, 0.1) is 6.92 Å². The highest BCUT2D eigenvalue weighted by molar-refractivity contribution is 5.65. The maximum atomic E-state index is 5.67. The first-order valence-electron chi connectivity index (χ1n) is 7.53. The molecule has 0 radical (unpaired) electrons. The van der Waals surface area contributed by atoms with Crippen molar-refractivity contribution < 1.29 is 0 Å². The minimum Gasteiger partial charge on any atom is -0.330 e. The standard InChI is InChI=1S/C17H21N5/c1-13-16(11-19-21(13)2)17-14(7-6-10-18)12-22(20-17)15-8-4-3-5-9-15/h3-5,8-9,11-12H,6-7,10,18H2,1-2H3. The quantitative estimate of drug-likeness (QED) is 0.786. The molecule has 0 fully saturated rings. The second kappa shape index (κ2) is 6.15. The molecule has 5 heteroatoms. The molecule has 0 atom stereocenters. The summed E-state index contributed by atoms with van der Waals surface area (Å²) in [6.07, 6.45) is 5.87. The van der Waals surface area contributed by atoms with E-state index >= 15 is 0 Å². The zero-order valence-corrected chi connectivity index (χ0v) is 13.0. The Bertz CT molecular complexity index is 755. The van der Waals surface area contributed by atoms with Gasteiger partial charge in [0, 0.05) is 24.5 Å². The monoisotopic (exact) mass is 295 g/mol. The second-order valence-corrected chi connectivity index (χ2v) is 5.44. The van der Waals surface area contributed by atoms with Gasteiger partial charge in [-0.25, -0.2) is 4.68 Å². The Morgan fingerprint density at radius 3 is 2.59 bits per heavy atom. The summed E-state index contributed by atoms with van der Waals surface area (Å²) in [5.41, 5.74) is 11.2. The first kappa shape index (κ1) is 14.5. The molecule has 1 aromatic carbocycles. The van der Waals surface area contributed by atoms with E-state index in [1.54, 1.807) is 0 Å². The zero-order valence-electron chi connectivity index (χ0n) is 13.0. The van der Waals surface area contributed by atoms with Gasteiger partial charge in [0.25, 0.3) is 0 Å². The Labute approximate surface area is 130 Å². The van der Waals surface area contributed by atoms with Crippen molar-refractivity contribution in [1.29, 1.82) is 0 Å². The molecule has 0 saturated heterocycles. The van der Waals surface area contributed by atoms with Gasteiger partial charge in [0.05, 0.1) is 17.6 Å². The molecule has 0 saturated carbocycles. The molecule has 3 rings (SSSR count). The van der Waals surface area contributed by atoms with Crippen molar-refractivity contribution >= 4 is 0 Å². The van der Waals surface area contributed by atoms with Gasteiger partial charge in [-0.15, -0.1) is 0 Å². The van der Waals surface area contributed by atoms with Gasteiger partial charge in [-0.2, -0.15) is 10.2 Å². The summed E-state index contributed by atoms with van der Waals surface area (Å²) in [7, 11) is 1.95. The van der Waals surface area contributed by atoms with Gasteiger partial charge < -0.3 is 5.73 Å². The van der Waals surface area contributed by atoms with Gasteiger partial charge in [0.1, 0.15) is 0 Å². The molecule has 114 valence electrons. The van der Waals surface area contributed by atoms with Crippen molar-refractivity contribution in [2.75, 3.05) is 6.54 Å². The van der Waals surface area contributed by atoms with Crippen molar-refractivity contribution in [3.8, 4) is 16.9 Å². The average molecular weight is 295 g/mol. The van der Waals surface area contributed by atoms with Gasteiger partial charge >= 0.3 is 0 Å². The number of benzene rings is 1. The highest BCUT2D eigenvalue weighted by Crippen LogP contribution is 2.27. The number of aromatic nitrogens is 4. The Kier molecular flexibility index (Phi) is 4.06. The van der Waals surface area contributed by atoms with Crippen LogP contribution < -0.4 is 5.73 Å². The van der Waals surface area contributed by atoms with Crippen LogP contribution in [-0.4, -0.2) is 26.1 Å². The van der Waals surface area contributed by atoms with Gasteiger partial charge in [-0.3, -0.25) is 4.68 Å². The molecule has 2 N–H and O–H groups in total. The van der Waals surface area contributed by atoms with E-state index in [9.17, 15) is 0 Å². The molecule has 0 amide bonds. The van der Waals surface area contributed by atoms with E-state index in [2.05, 4.69) is 30.4 Å². The van der Waals surface area contributed by atoms with Crippen LogP contribution in [0.25, 0.3) is 16.9 Å². The number of rotatable bonds is 5. The predicted octanol–water partition coefficient (Wildman–Crippen LogP) is 2.47. The number of hydrogen-bond donors (Lipinski definition) is 1. The molecule has 5 nitrogen and oxygen atoms in total. The molecule has 0 aliphatic heterocycles. The highest BCUT2D eigenvalue weighted by atomic mass is 15.3. The lowest BCUT2D eigenvalue weighted by Gasteiger charge is -2.01. The molecule has 0 unspecified atom stereocenters. The summed E-state index contributed by atoms with van der Waals surface area (Å²) in [5, 5.41) is 9.14. The Morgan fingerprint density at radius 1 is 1.18 bits per heavy atom. The van der Waals surface area contributed by atoms with Gasteiger partial charge in [0.15, 0.2) is 0 Å². The predicted molar refractivity (Wildman–Crippen MR) is 87.9 cm³/mol. The third-order valence-corrected chi connectivity index (χ3v) is 3.95. The van der Waals surface area contributed by atoms with Crippen molar-refractivity contribution in [1.82, 2.24) is 19.6 Å². The van der Waals surface area contributed by atoms with Crippen LogP contribution in [0.5, 0.6) is 0 Å². The molecular formula is C17H21N5. The first-order chi connectivity index (χ1) is 10.7. The minimum absolute atomic E-state index is 0.683. The van der Waals surface area contributed by atoms with Gasteiger partial charge in [-0.05, 0) is 44.0 Å². The molecule has 2 aromatic heterocycles. The molecular weight excluding hydrogens is 274 g/mol. The summed E-state index contributed by atoms with van der Waals surface area (Å²) >= 11 is 0. The Hall–Kier alpha value is -2.40. The van der Waals surface area contributed by atoms with Crippen molar-refractivity contribution in [2.24, 2.45) is 12.8 Å². The fourth-order valence-electron chi connectivity index (χ4n) is 2.56. The van der Waals surface area contributed by atoms with Crippen LogP contribution in [0.3, 0.4) is 0 Å². The average Bonchev–Trinajstić information content (AvgIpc) is 3.11. The van der Waals surface area contributed by atoms with E-state index in [0.717, 1.165) is 35.5 Å². The molecule has 0 aliphatic rings.